The van der Waals surface area contributed by atoms with E-state index >= 15 is 0 Å². The molecule has 0 aliphatic heterocycles. The van der Waals surface area contributed by atoms with E-state index in [1.165, 1.54) is 40.5 Å². The molecule has 3 aromatic carbocycles. The summed E-state index contributed by atoms with van der Waals surface area (Å²) in [6, 6.07) is 15.4. The Morgan fingerprint density at radius 1 is 1.08 bits per heavy atom. The maximum Gasteiger partial charge on any atom is 0.434 e. The molecule has 39 heavy (non-hydrogen) atoms. The normalized spacial score (nSPS) is 12.2. The van der Waals surface area contributed by atoms with Gasteiger partial charge in [-0.1, -0.05) is 35.9 Å². The van der Waals surface area contributed by atoms with Gasteiger partial charge in [0, 0.05) is 28.4 Å². The number of anilines is 1. The van der Waals surface area contributed by atoms with Gasteiger partial charge in [0.15, 0.2) is 5.69 Å². The highest BCUT2D eigenvalue weighted by Gasteiger charge is 2.35. The van der Waals surface area contributed by atoms with Crippen LogP contribution in [0.2, 0.25) is 0 Å². The highest BCUT2D eigenvalue weighted by Crippen LogP contribution is 2.37. The molecule has 0 unspecified atom stereocenters. The van der Waals surface area contributed by atoms with Crippen molar-refractivity contribution in [3.8, 4) is 16.8 Å². The Labute approximate surface area is 227 Å². The number of halogens is 4. The number of nitrogens with two attached hydrogens (primary N) is 2. The molecule has 0 atom stereocenters. The Bertz CT molecular complexity index is 1530. The van der Waals surface area contributed by atoms with Crippen molar-refractivity contribution in [1.29, 1.82) is 0 Å². The van der Waals surface area contributed by atoms with Gasteiger partial charge in [0.2, 0.25) is 0 Å². The number of rotatable bonds is 7. The van der Waals surface area contributed by atoms with Crippen LogP contribution in [0, 0.1) is 19.7 Å². The smallest absolute Gasteiger partial charge is 0.403 e. The Morgan fingerprint density at radius 2 is 1.77 bits per heavy atom. The van der Waals surface area contributed by atoms with Crippen LogP contribution >= 0.6 is 11.8 Å². The van der Waals surface area contributed by atoms with Crippen molar-refractivity contribution < 1.29 is 22.7 Å². The average Bonchev–Trinajstić information content (AvgIpc) is 3.31. The number of alkyl halides is 3. The first-order valence-electron chi connectivity index (χ1n) is 11.8. The number of aliphatic hydroxyl groups excluding tert-OH is 1. The molecule has 0 aliphatic carbocycles. The summed E-state index contributed by atoms with van der Waals surface area (Å²) in [6.45, 7) is 2.94. The maximum absolute atomic E-state index is 14.8. The molecule has 5 N–H and O–H groups in total. The summed E-state index contributed by atoms with van der Waals surface area (Å²) < 4.78 is 56.5. The largest absolute Gasteiger partial charge is 0.434 e. The molecule has 0 saturated heterocycles. The van der Waals surface area contributed by atoms with Crippen LogP contribution in [0.5, 0.6) is 0 Å². The summed E-state index contributed by atoms with van der Waals surface area (Å²) in [5.41, 5.74) is 8.88. The number of thioether (sulfide) groups is 1. The van der Waals surface area contributed by atoms with Crippen LogP contribution in [0.3, 0.4) is 0 Å². The molecule has 0 aliphatic rings. The van der Waals surface area contributed by atoms with Gasteiger partial charge in [-0.25, -0.2) is 15.2 Å². The molecule has 6 nitrogen and oxygen atoms in total. The van der Waals surface area contributed by atoms with E-state index in [2.05, 4.69) is 4.98 Å². The third-order valence-corrected chi connectivity index (χ3v) is 7.10. The molecule has 1 aromatic heterocycles. The van der Waals surface area contributed by atoms with Gasteiger partial charge in [-0.3, -0.25) is 5.01 Å². The van der Waals surface area contributed by atoms with Crippen molar-refractivity contribution >= 4 is 23.1 Å². The monoisotopic (exact) mass is 557 g/mol. The predicted octanol–water partition coefficient (Wildman–Crippen LogP) is 6.17. The fourth-order valence-corrected chi connectivity index (χ4v) is 4.89. The zero-order valence-corrected chi connectivity index (χ0v) is 22.2. The summed E-state index contributed by atoms with van der Waals surface area (Å²) in [4.78, 5) is 4.25. The van der Waals surface area contributed by atoms with Crippen molar-refractivity contribution in [2.75, 3.05) is 11.3 Å². The molecular weight excluding hydrogens is 530 g/mol. The number of hydrogen-bond acceptors (Lipinski definition) is 6. The number of nitrogens with zero attached hydrogens (tertiary/aromatic N) is 3. The van der Waals surface area contributed by atoms with E-state index in [1.54, 1.807) is 30.5 Å². The number of aromatic nitrogens is 2. The highest BCUT2D eigenvalue weighted by molar-refractivity contribution is 7.98. The lowest BCUT2D eigenvalue weighted by Gasteiger charge is -2.26. The van der Waals surface area contributed by atoms with E-state index in [0.717, 1.165) is 11.8 Å². The van der Waals surface area contributed by atoms with Gasteiger partial charge < -0.3 is 15.4 Å². The molecule has 0 spiro atoms. The minimum absolute atomic E-state index is 0.0985. The quantitative estimate of drug-likeness (QED) is 0.109. The molecular formula is C28H27F4N5OS. The molecule has 4 aromatic rings. The number of hydrazine groups is 1. The van der Waals surface area contributed by atoms with Crippen molar-refractivity contribution in [2.45, 2.75) is 31.5 Å². The molecule has 0 radical (unpaired) electrons. The Kier molecular flexibility index (Phi) is 8.05. The molecule has 0 amide bonds. The predicted molar refractivity (Wildman–Crippen MR) is 146 cm³/mol. The highest BCUT2D eigenvalue weighted by atomic mass is 32.2. The van der Waals surface area contributed by atoms with E-state index < -0.39 is 24.3 Å². The summed E-state index contributed by atoms with van der Waals surface area (Å²) >= 11 is 1.29. The maximum atomic E-state index is 14.8. The number of aryl methyl sites for hydroxylation is 2. The zero-order chi connectivity index (χ0) is 28.5. The fourth-order valence-electron chi connectivity index (χ4n) is 4.24. The summed E-state index contributed by atoms with van der Waals surface area (Å²) in [6.07, 6.45) is -0.651. The van der Waals surface area contributed by atoms with Crippen LogP contribution in [0.25, 0.3) is 22.5 Å². The Balaban J connectivity index is 1.93. The number of imidazole rings is 1. The lowest BCUT2D eigenvalue weighted by molar-refractivity contribution is -0.141. The van der Waals surface area contributed by atoms with Crippen LogP contribution in [-0.4, -0.2) is 20.9 Å². The number of aliphatic hydroxyl groups is 1. The third kappa shape index (κ3) is 5.65. The third-order valence-electron chi connectivity index (χ3n) is 6.30. The molecule has 204 valence electrons. The van der Waals surface area contributed by atoms with Gasteiger partial charge in [0.05, 0.1) is 23.7 Å². The second kappa shape index (κ2) is 11.1. The summed E-state index contributed by atoms with van der Waals surface area (Å²) in [5.74, 6) is 6.12. The average molecular weight is 558 g/mol. The van der Waals surface area contributed by atoms with E-state index in [0.29, 0.717) is 38.7 Å². The van der Waals surface area contributed by atoms with Crippen LogP contribution in [0.4, 0.5) is 23.2 Å². The van der Waals surface area contributed by atoms with E-state index in [9.17, 15) is 22.7 Å². The second-order valence-electron chi connectivity index (χ2n) is 8.83. The fraction of sp³-hybridized carbons (Fsp3) is 0.179. The second-order valence-corrected chi connectivity index (χ2v) is 9.68. The van der Waals surface area contributed by atoms with Crippen LogP contribution < -0.4 is 16.6 Å². The topological polar surface area (TPSA) is 93.3 Å². The van der Waals surface area contributed by atoms with Crippen LogP contribution in [0.1, 0.15) is 28.2 Å². The lowest BCUT2D eigenvalue weighted by Crippen LogP contribution is -2.31. The minimum atomic E-state index is -4.64. The lowest BCUT2D eigenvalue weighted by atomic mass is 10.0. The van der Waals surface area contributed by atoms with Gasteiger partial charge in [-0.05, 0) is 55.5 Å². The van der Waals surface area contributed by atoms with Gasteiger partial charge >= 0.3 is 6.18 Å². The Hall–Kier alpha value is -3.80. The Morgan fingerprint density at radius 3 is 2.33 bits per heavy atom. The SMILES string of the molecule is CSc1cc(-c2ccc(-n3cc(C(F)(F)F)nc3C)c(N(N)/C(=C\N)c3ccc(C)cc3)c2)cc(F)c1CO. The molecule has 4 rings (SSSR count). The van der Waals surface area contributed by atoms with E-state index in [-0.39, 0.29) is 11.4 Å². The molecule has 0 saturated carbocycles. The van der Waals surface area contributed by atoms with E-state index in [4.69, 9.17) is 11.6 Å². The minimum Gasteiger partial charge on any atom is -0.403 e. The van der Waals surface area contributed by atoms with Gasteiger partial charge in [-0.2, -0.15) is 13.2 Å². The first-order chi connectivity index (χ1) is 18.5. The number of hydrogen-bond donors (Lipinski definition) is 3. The van der Waals surface area contributed by atoms with Crippen molar-refractivity contribution in [3.63, 3.8) is 0 Å². The standard InChI is InChI=1S/C28H27F4N5OS/c1-16-4-6-18(7-5-16)25(13-33)37(34)24-11-19(20-10-22(29)21(15-38)26(12-20)39-3)8-9-23(24)36-14-27(28(30,31)32)35-17(36)2/h4-14,38H,15,33-34H2,1-3H3/b25-13-. The first kappa shape index (κ1) is 28.2. The molecule has 11 heteroatoms. The zero-order valence-electron chi connectivity index (χ0n) is 21.4. The summed E-state index contributed by atoms with van der Waals surface area (Å²) in [7, 11) is 0. The molecule has 0 bridgehead atoms. The van der Waals surface area contributed by atoms with Crippen molar-refractivity contribution in [3.05, 3.63) is 101 Å². The van der Waals surface area contributed by atoms with Gasteiger partial charge in [-0.15, -0.1) is 11.8 Å². The molecule has 0 fully saturated rings. The van der Waals surface area contributed by atoms with Crippen LogP contribution in [0.15, 0.2) is 71.9 Å². The summed E-state index contributed by atoms with van der Waals surface area (Å²) in [5, 5.41) is 10.9. The van der Waals surface area contributed by atoms with Gasteiger partial charge in [0.1, 0.15) is 11.6 Å². The van der Waals surface area contributed by atoms with Crippen LogP contribution in [-0.2, 0) is 12.8 Å². The van der Waals surface area contributed by atoms with Gasteiger partial charge in [0.25, 0.3) is 0 Å². The van der Waals surface area contributed by atoms with Crippen molar-refractivity contribution in [2.24, 2.45) is 11.6 Å². The number of benzene rings is 3. The van der Waals surface area contributed by atoms with E-state index in [1.807, 2.05) is 31.2 Å². The molecule has 1 heterocycles. The first-order valence-corrected chi connectivity index (χ1v) is 13.0. The van der Waals surface area contributed by atoms with Crippen molar-refractivity contribution in [1.82, 2.24) is 9.55 Å².